The molecule has 1 fully saturated rings. The van der Waals surface area contributed by atoms with Crippen LogP contribution in [-0.4, -0.2) is 16.9 Å². The summed E-state index contributed by atoms with van der Waals surface area (Å²) in [6.07, 6.45) is -8.16. The van der Waals surface area contributed by atoms with Crippen molar-refractivity contribution in [1.82, 2.24) is 4.98 Å². The summed E-state index contributed by atoms with van der Waals surface area (Å²) in [6.45, 7) is 0. The number of nitrogens with zero attached hydrogens (tertiary/aromatic N) is 2. The van der Waals surface area contributed by atoms with Gasteiger partial charge in [0.15, 0.2) is 5.78 Å². The normalized spacial score (nSPS) is 22.9. The average Bonchev–Trinajstić information content (AvgIpc) is 2.54. The number of carbonyl (C=O) groups is 1. The van der Waals surface area contributed by atoms with Gasteiger partial charge in [0, 0.05) is 12.1 Å². The molecule has 0 spiro atoms. The van der Waals surface area contributed by atoms with Crippen LogP contribution in [0.25, 0.3) is 0 Å². The van der Waals surface area contributed by atoms with Gasteiger partial charge in [-0.05, 0) is 25.0 Å². The van der Waals surface area contributed by atoms with Gasteiger partial charge < -0.3 is 0 Å². The molecule has 0 saturated heterocycles. The smallest absolute Gasteiger partial charge is 0.297 e. The van der Waals surface area contributed by atoms with Gasteiger partial charge in [-0.25, -0.2) is 0 Å². The largest absolute Gasteiger partial charge is 0.417 e. The molecule has 0 unspecified atom stereocenters. The molecular weight excluding hydrogens is 350 g/mol. The predicted octanol–water partition coefficient (Wildman–Crippen LogP) is 4.65. The molecular formula is C16H14F6N2O. The number of halogens is 6. The van der Waals surface area contributed by atoms with Gasteiger partial charge in [0.05, 0.1) is 23.2 Å². The van der Waals surface area contributed by atoms with Crippen LogP contribution in [0.3, 0.4) is 0 Å². The van der Waals surface area contributed by atoms with E-state index in [0.29, 0.717) is 25.1 Å². The van der Waals surface area contributed by atoms with E-state index in [0.717, 1.165) is 6.07 Å². The first-order chi connectivity index (χ1) is 11.6. The molecule has 1 aromatic rings. The summed E-state index contributed by atoms with van der Waals surface area (Å²) in [7, 11) is 0. The Morgan fingerprint density at radius 3 is 2.28 bits per heavy atom. The van der Waals surface area contributed by atoms with Crippen LogP contribution in [0.2, 0.25) is 0 Å². The minimum atomic E-state index is -4.64. The van der Waals surface area contributed by atoms with Crippen molar-refractivity contribution in [3.05, 3.63) is 29.6 Å². The monoisotopic (exact) mass is 364 g/mol. The number of pyridine rings is 1. The number of alkyl halides is 6. The third-order valence-electron chi connectivity index (χ3n) is 4.37. The summed E-state index contributed by atoms with van der Waals surface area (Å²) in [5, 5.41) is 9.18. The maximum absolute atomic E-state index is 13.1. The Hall–Kier alpha value is -2.11. The van der Waals surface area contributed by atoms with Crippen molar-refractivity contribution in [3.63, 3.8) is 0 Å². The SMILES string of the molecule is N#C[C@H](C(=O)[C@H]1CCCC[C@H]1C(F)(F)F)c1ccc(C(F)(F)F)cn1. The highest BCUT2D eigenvalue weighted by atomic mass is 19.4. The molecule has 3 atom stereocenters. The molecule has 0 bridgehead atoms. The van der Waals surface area contributed by atoms with E-state index in [1.165, 1.54) is 0 Å². The molecule has 1 saturated carbocycles. The van der Waals surface area contributed by atoms with E-state index in [4.69, 9.17) is 0 Å². The topological polar surface area (TPSA) is 53.8 Å². The van der Waals surface area contributed by atoms with Crippen molar-refractivity contribution >= 4 is 5.78 Å². The molecule has 2 rings (SSSR count). The first-order valence-corrected chi connectivity index (χ1v) is 7.59. The minimum absolute atomic E-state index is 0.00181. The number of rotatable bonds is 3. The zero-order chi connectivity index (χ0) is 18.8. The highest BCUT2D eigenvalue weighted by Gasteiger charge is 2.49. The van der Waals surface area contributed by atoms with Gasteiger partial charge in [0.1, 0.15) is 5.92 Å². The highest BCUT2D eigenvalue weighted by molar-refractivity contribution is 5.90. The average molecular weight is 364 g/mol. The van der Waals surface area contributed by atoms with Gasteiger partial charge in [0.25, 0.3) is 0 Å². The number of ketones is 1. The van der Waals surface area contributed by atoms with Crippen LogP contribution in [0.1, 0.15) is 42.9 Å². The fourth-order valence-corrected chi connectivity index (χ4v) is 3.10. The minimum Gasteiger partial charge on any atom is -0.297 e. The molecule has 1 aliphatic carbocycles. The Kier molecular flexibility index (Phi) is 5.40. The van der Waals surface area contributed by atoms with Crippen molar-refractivity contribution in [2.24, 2.45) is 11.8 Å². The lowest BCUT2D eigenvalue weighted by atomic mass is 9.73. The summed E-state index contributed by atoms with van der Waals surface area (Å²) < 4.78 is 77.0. The van der Waals surface area contributed by atoms with Gasteiger partial charge in [-0.3, -0.25) is 9.78 Å². The lowest BCUT2D eigenvalue weighted by Crippen LogP contribution is -2.39. The fraction of sp³-hybridized carbons (Fsp3) is 0.562. The van der Waals surface area contributed by atoms with Gasteiger partial charge in [-0.2, -0.15) is 31.6 Å². The molecule has 0 aromatic carbocycles. The first kappa shape index (κ1) is 19.2. The maximum Gasteiger partial charge on any atom is 0.417 e. The van der Waals surface area contributed by atoms with E-state index in [1.54, 1.807) is 6.07 Å². The Labute approximate surface area is 139 Å². The molecule has 1 aromatic heterocycles. The van der Waals surface area contributed by atoms with Crippen molar-refractivity contribution in [1.29, 1.82) is 5.26 Å². The zero-order valence-electron chi connectivity index (χ0n) is 12.9. The predicted molar refractivity (Wildman–Crippen MR) is 74.1 cm³/mol. The Morgan fingerprint density at radius 1 is 1.16 bits per heavy atom. The molecule has 9 heteroatoms. The summed E-state index contributed by atoms with van der Waals surface area (Å²) >= 11 is 0. The van der Waals surface area contributed by atoms with Gasteiger partial charge >= 0.3 is 12.4 Å². The van der Waals surface area contributed by atoms with Gasteiger partial charge in [0.2, 0.25) is 0 Å². The number of carbonyl (C=O) groups excluding carboxylic acids is 1. The zero-order valence-corrected chi connectivity index (χ0v) is 12.9. The second-order valence-electron chi connectivity index (χ2n) is 5.97. The van der Waals surface area contributed by atoms with E-state index in [1.807, 2.05) is 0 Å². The van der Waals surface area contributed by atoms with Crippen molar-refractivity contribution < 1.29 is 31.1 Å². The Balaban J connectivity index is 2.27. The Bertz CT molecular complexity index is 659. The third kappa shape index (κ3) is 4.30. The van der Waals surface area contributed by atoms with Crippen LogP contribution in [0.15, 0.2) is 18.3 Å². The molecule has 25 heavy (non-hydrogen) atoms. The van der Waals surface area contributed by atoms with E-state index >= 15 is 0 Å². The molecule has 0 N–H and O–H groups in total. The van der Waals surface area contributed by atoms with Crippen LogP contribution in [0.4, 0.5) is 26.3 Å². The quantitative estimate of drug-likeness (QED) is 0.734. The van der Waals surface area contributed by atoms with E-state index in [2.05, 4.69) is 4.98 Å². The van der Waals surface area contributed by atoms with Crippen LogP contribution >= 0.6 is 0 Å². The Morgan fingerprint density at radius 2 is 1.80 bits per heavy atom. The van der Waals surface area contributed by atoms with E-state index < -0.39 is 41.5 Å². The van der Waals surface area contributed by atoms with Crippen LogP contribution < -0.4 is 0 Å². The molecule has 136 valence electrons. The first-order valence-electron chi connectivity index (χ1n) is 7.59. The summed E-state index contributed by atoms with van der Waals surface area (Å²) in [5.74, 6) is -5.76. The molecule has 0 amide bonds. The number of hydrogen-bond acceptors (Lipinski definition) is 3. The summed E-state index contributed by atoms with van der Waals surface area (Å²) in [5.41, 5.74) is -1.33. The van der Waals surface area contributed by atoms with Crippen LogP contribution in [0, 0.1) is 23.2 Å². The molecule has 1 heterocycles. The number of nitriles is 1. The van der Waals surface area contributed by atoms with Crippen molar-refractivity contribution in [2.45, 2.75) is 44.0 Å². The number of Topliss-reactive ketones (excluding diaryl/α,β-unsaturated/α-hetero) is 1. The number of hydrogen-bond donors (Lipinski definition) is 0. The van der Waals surface area contributed by atoms with E-state index in [-0.39, 0.29) is 18.5 Å². The van der Waals surface area contributed by atoms with Gasteiger partial charge in [-0.1, -0.05) is 12.8 Å². The summed E-state index contributed by atoms with van der Waals surface area (Å²) in [4.78, 5) is 16.0. The van der Waals surface area contributed by atoms with Crippen LogP contribution in [-0.2, 0) is 11.0 Å². The number of aromatic nitrogens is 1. The second-order valence-corrected chi connectivity index (χ2v) is 5.97. The highest BCUT2D eigenvalue weighted by Crippen LogP contribution is 2.43. The van der Waals surface area contributed by atoms with E-state index in [9.17, 15) is 36.4 Å². The summed E-state index contributed by atoms with van der Waals surface area (Å²) in [6, 6.07) is 3.10. The molecule has 1 aliphatic rings. The second kappa shape index (κ2) is 7.02. The maximum atomic E-state index is 13.1. The van der Waals surface area contributed by atoms with Gasteiger partial charge in [-0.15, -0.1) is 0 Å². The standard InChI is InChI=1S/C16H14F6N2O/c17-15(18,19)9-5-6-13(24-8-9)11(7-23)14(25)10-3-1-2-4-12(10)16(20,21)22/h5-6,8,10-12H,1-4H2/t10-,11-,12+/m0/s1. The molecule has 0 aliphatic heterocycles. The lowest BCUT2D eigenvalue weighted by molar-refractivity contribution is -0.197. The third-order valence-corrected chi connectivity index (χ3v) is 4.37. The van der Waals surface area contributed by atoms with Crippen molar-refractivity contribution in [3.8, 4) is 6.07 Å². The molecule has 3 nitrogen and oxygen atoms in total. The van der Waals surface area contributed by atoms with Crippen LogP contribution in [0.5, 0.6) is 0 Å². The molecule has 0 radical (unpaired) electrons. The van der Waals surface area contributed by atoms with Crippen molar-refractivity contribution in [2.75, 3.05) is 0 Å². The lowest BCUT2D eigenvalue weighted by Gasteiger charge is -2.32. The fourth-order valence-electron chi connectivity index (χ4n) is 3.10.